The Bertz CT molecular complexity index is 417. The molecule has 0 amide bonds. The molecule has 2 atom stereocenters. The Hall–Kier alpha value is -0.730. The standard InChI is InChI=1S/C12H12Cl2O2/c13-9-3-4-11(14)10(6-9)7-1-2-8(5-7)12(15)16/h3-4,6-8H,1-2,5H2,(H,15,16). The van der Waals surface area contributed by atoms with Crippen LogP contribution in [-0.2, 0) is 4.79 Å². The van der Waals surface area contributed by atoms with Crippen LogP contribution in [0.1, 0.15) is 30.7 Å². The van der Waals surface area contributed by atoms with E-state index in [0.717, 1.165) is 18.4 Å². The summed E-state index contributed by atoms with van der Waals surface area (Å²) in [5.41, 5.74) is 0.984. The van der Waals surface area contributed by atoms with Gasteiger partial charge < -0.3 is 5.11 Å². The molecule has 0 bridgehead atoms. The van der Waals surface area contributed by atoms with Gasteiger partial charge in [0.15, 0.2) is 0 Å². The fourth-order valence-corrected chi connectivity index (χ4v) is 2.77. The lowest BCUT2D eigenvalue weighted by Crippen LogP contribution is -2.09. The van der Waals surface area contributed by atoms with Crippen molar-refractivity contribution in [3.05, 3.63) is 33.8 Å². The third-order valence-corrected chi connectivity index (χ3v) is 3.76. The smallest absolute Gasteiger partial charge is 0.306 e. The first kappa shape index (κ1) is 11.7. The Morgan fingerprint density at radius 2 is 2.06 bits per heavy atom. The Morgan fingerprint density at radius 3 is 2.69 bits per heavy atom. The molecule has 0 aliphatic heterocycles. The second kappa shape index (κ2) is 4.64. The van der Waals surface area contributed by atoms with Gasteiger partial charge in [0.05, 0.1) is 5.92 Å². The molecule has 1 saturated carbocycles. The molecule has 86 valence electrons. The van der Waals surface area contributed by atoms with Crippen LogP contribution in [0.15, 0.2) is 18.2 Å². The number of aliphatic carboxylic acids is 1. The van der Waals surface area contributed by atoms with Crippen LogP contribution >= 0.6 is 23.2 Å². The third kappa shape index (κ3) is 2.33. The number of hydrogen-bond acceptors (Lipinski definition) is 1. The second-order valence-electron chi connectivity index (χ2n) is 4.21. The van der Waals surface area contributed by atoms with Crippen LogP contribution in [0.2, 0.25) is 10.0 Å². The number of rotatable bonds is 2. The van der Waals surface area contributed by atoms with Crippen LogP contribution in [0, 0.1) is 5.92 Å². The van der Waals surface area contributed by atoms with Crippen molar-refractivity contribution in [3.8, 4) is 0 Å². The summed E-state index contributed by atoms with van der Waals surface area (Å²) in [5, 5.41) is 10.3. The summed E-state index contributed by atoms with van der Waals surface area (Å²) >= 11 is 12.0. The summed E-state index contributed by atoms with van der Waals surface area (Å²) in [6.45, 7) is 0. The maximum Gasteiger partial charge on any atom is 0.306 e. The van der Waals surface area contributed by atoms with Crippen molar-refractivity contribution < 1.29 is 9.90 Å². The largest absolute Gasteiger partial charge is 0.481 e. The number of carboxylic acids is 1. The van der Waals surface area contributed by atoms with Gasteiger partial charge in [-0.15, -0.1) is 0 Å². The fraction of sp³-hybridized carbons (Fsp3) is 0.417. The minimum atomic E-state index is -0.708. The maximum atomic E-state index is 10.9. The third-order valence-electron chi connectivity index (χ3n) is 3.18. The molecular formula is C12H12Cl2O2. The minimum Gasteiger partial charge on any atom is -0.481 e. The molecule has 0 saturated heterocycles. The van der Waals surface area contributed by atoms with Crippen LogP contribution in [0.5, 0.6) is 0 Å². The van der Waals surface area contributed by atoms with Gasteiger partial charge >= 0.3 is 5.97 Å². The lowest BCUT2D eigenvalue weighted by atomic mass is 9.96. The molecule has 1 aromatic rings. The predicted molar refractivity (Wildman–Crippen MR) is 64.2 cm³/mol. The highest BCUT2D eigenvalue weighted by molar-refractivity contribution is 6.33. The Kier molecular flexibility index (Phi) is 3.41. The zero-order valence-corrected chi connectivity index (χ0v) is 10.1. The van der Waals surface area contributed by atoms with E-state index in [4.69, 9.17) is 28.3 Å². The van der Waals surface area contributed by atoms with E-state index in [1.54, 1.807) is 12.1 Å². The molecule has 1 fully saturated rings. The Morgan fingerprint density at radius 1 is 1.31 bits per heavy atom. The first-order chi connectivity index (χ1) is 7.58. The highest BCUT2D eigenvalue weighted by atomic mass is 35.5. The van der Waals surface area contributed by atoms with Crippen molar-refractivity contribution in [2.24, 2.45) is 5.92 Å². The number of carboxylic acid groups (broad SMARTS) is 1. The summed E-state index contributed by atoms with van der Waals surface area (Å²) < 4.78 is 0. The van der Waals surface area contributed by atoms with E-state index in [2.05, 4.69) is 0 Å². The van der Waals surface area contributed by atoms with Crippen molar-refractivity contribution in [2.45, 2.75) is 25.2 Å². The van der Waals surface area contributed by atoms with Gasteiger partial charge in [0.2, 0.25) is 0 Å². The van der Waals surface area contributed by atoms with Crippen LogP contribution < -0.4 is 0 Å². The van der Waals surface area contributed by atoms with Gasteiger partial charge in [0.1, 0.15) is 0 Å². The van der Waals surface area contributed by atoms with Crippen molar-refractivity contribution >= 4 is 29.2 Å². The summed E-state index contributed by atoms with van der Waals surface area (Å²) in [6.07, 6.45) is 2.26. The molecule has 0 spiro atoms. The topological polar surface area (TPSA) is 37.3 Å². The molecule has 1 aliphatic carbocycles. The zero-order chi connectivity index (χ0) is 11.7. The number of carbonyl (C=O) groups is 1. The van der Waals surface area contributed by atoms with Crippen molar-refractivity contribution in [3.63, 3.8) is 0 Å². The molecule has 0 aromatic heterocycles. The zero-order valence-electron chi connectivity index (χ0n) is 8.62. The first-order valence-electron chi connectivity index (χ1n) is 5.25. The molecule has 1 aromatic carbocycles. The van der Waals surface area contributed by atoms with Gasteiger partial charge in [-0.25, -0.2) is 0 Å². The minimum absolute atomic E-state index is 0.229. The number of benzene rings is 1. The van der Waals surface area contributed by atoms with E-state index in [0.29, 0.717) is 16.5 Å². The van der Waals surface area contributed by atoms with E-state index in [-0.39, 0.29) is 11.8 Å². The van der Waals surface area contributed by atoms with E-state index in [1.165, 1.54) is 0 Å². The molecule has 16 heavy (non-hydrogen) atoms. The highest BCUT2D eigenvalue weighted by Gasteiger charge is 2.31. The lowest BCUT2D eigenvalue weighted by molar-refractivity contribution is -0.141. The normalized spacial score (nSPS) is 24.6. The molecule has 1 N–H and O–H groups in total. The Labute approximate surface area is 104 Å². The summed E-state index contributed by atoms with van der Waals surface area (Å²) in [7, 11) is 0. The Balaban J connectivity index is 2.20. The monoisotopic (exact) mass is 258 g/mol. The van der Waals surface area contributed by atoms with E-state index in [9.17, 15) is 4.79 Å². The molecule has 0 heterocycles. The molecule has 2 unspecified atom stereocenters. The molecule has 2 nitrogen and oxygen atoms in total. The fourth-order valence-electron chi connectivity index (χ4n) is 2.32. The molecule has 2 rings (SSSR count). The van der Waals surface area contributed by atoms with Gasteiger partial charge in [-0.3, -0.25) is 4.79 Å². The molecule has 4 heteroatoms. The van der Waals surface area contributed by atoms with Gasteiger partial charge in [-0.1, -0.05) is 23.2 Å². The average Bonchev–Trinajstić information content (AvgIpc) is 2.70. The van der Waals surface area contributed by atoms with Crippen molar-refractivity contribution in [1.82, 2.24) is 0 Å². The SMILES string of the molecule is O=C(O)C1CCC(c2cc(Cl)ccc2Cl)C1. The van der Waals surface area contributed by atoms with Gasteiger partial charge in [-0.2, -0.15) is 0 Å². The van der Waals surface area contributed by atoms with Crippen molar-refractivity contribution in [1.29, 1.82) is 0 Å². The average molecular weight is 259 g/mol. The second-order valence-corrected chi connectivity index (χ2v) is 5.05. The van der Waals surface area contributed by atoms with E-state index in [1.807, 2.05) is 6.07 Å². The quantitative estimate of drug-likeness (QED) is 0.872. The predicted octanol–water partition coefficient (Wildman–Crippen LogP) is 3.96. The number of hydrogen-bond donors (Lipinski definition) is 1. The van der Waals surface area contributed by atoms with Gasteiger partial charge in [0, 0.05) is 10.0 Å². The van der Waals surface area contributed by atoms with Gasteiger partial charge in [0.25, 0.3) is 0 Å². The van der Waals surface area contributed by atoms with Crippen molar-refractivity contribution in [2.75, 3.05) is 0 Å². The van der Waals surface area contributed by atoms with Crippen LogP contribution in [-0.4, -0.2) is 11.1 Å². The molecular weight excluding hydrogens is 247 g/mol. The van der Waals surface area contributed by atoms with Crippen LogP contribution in [0.25, 0.3) is 0 Å². The van der Waals surface area contributed by atoms with E-state index >= 15 is 0 Å². The van der Waals surface area contributed by atoms with Crippen LogP contribution in [0.4, 0.5) is 0 Å². The summed E-state index contributed by atoms with van der Waals surface area (Å²) in [6, 6.07) is 5.36. The lowest BCUT2D eigenvalue weighted by Gasteiger charge is -2.12. The highest BCUT2D eigenvalue weighted by Crippen LogP contribution is 2.41. The maximum absolute atomic E-state index is 10.9. The van der Waals surface area contributed by atoms with Gasteiger partial charge in [-0.05, 0) is 48.9 Å². The molecule has 1 aliphatic rings. The molecule has 0 radical (unpaired) electrons. The summed E-state index contributed by atoms with van der Waals surface area (Å²) in [4.78, 5) is 10.9. The number of halogens is 2. The van der Waals surface area contributed by atoms with E-state index < -0.39 is 5.97 Å². The summed E-state index contributed by atoms with van der Waals surface area (Å²) in [5.74, 6) is -0.715. The van der Waals surface area contributed by atoms with Crippen LogP contribution in [0.3, 0.4) is 0 Å². The first-order valence-corrected chi connectivity index (χ1v) is 6.01.